The van der Waals surface area contributed by atoms with Crippen LogP contribution in [-0.2, 0) is 22.6 Å². The highest BCUT2D eigenvalue weighted by Gasteiger charge is 2.47. The Hall–Kier alpha value is -1.48. The molecule has 1 spiro atoms. The van der Waals surface area contributed by atoms with Crippen LogP contribution in [0.1, 0.15) is 31.9 Å². The Labute approximate surface area is 141 Å². The first-order valence-electron chi connectivity index (χ1n) is 8.35. The number of aliphatic hydroxyl groups excluding tert-OH is 2. The summed E-state index contributed by atoms with van der Waals surface area (Å²) in [5.74, 6) is 0. The van der Waals surface area contributed by atoms with E-state index in [1.54, 1.807) is 0 Å². The van der Waals surface area contributed by atoms with Crippen LogP contribution in [0.15, 0.2) is 12.5 Å². The molecule has 0 aromatic carbocycles. The predicted molar refractivity (Wildman–Crippen MR) is 86.4 cm³/mol. The molecule has 3 rings (SSSR count). The van der Waals surface area contributed by atoms with Crippen molar-refractivity contribution in [2.75, 3.05) is 19.7 Å². The van der Waals surface area contributed by atoms with Crippen LogP contribution in [0.5, 0.6) is 0 Å². The first-order valence-corrected chi connectivity index (χ1v) is 8.35. The second kappa shape index (κ2) is 8.57. The number of likely N-dealkylation sites (tertiary alicyclic amines) is 1. The zero-order chi connectivity index (χ0) is 17.6. The molecule has 0 amide bonds. The van der Waals surface area contributed by atoms with Crippen molar-refractivity contribution in [3.8, 4) is 0 Å². The molecule has 2 saturated heterocycles. The molecule has 2 aliphatic rings. The van der Waals surface area contributed by atoms with Gasteiger partial charge in [-0.3, -0.25) is 9.69 Å². The molecule has 1 aromatic rings. The smallest absolute Gasteiger partial charge is 0.290 e. The number of carbonyl (C=O) groups is 1. The van der Waals surface area contributed by atoms with E-state index in [0.717, 1.165) is 44.7 Å². The average molecular weight is 341 g/mol. The summed E-state index contributed by atoms with van der Waals surface area (Å²) in [6.07, 6.45) is 4.60. The van der Waals surface area contributed by atoms with E-state index in [4.69, 9.17) is 14.6 Å². The SMILES string of the molecule is CCn1cnc(CN2CCC3(CC2)OCC[C@H](O)[C@@H]3O)c1.O=CO. The molecule has 0 aliphatic carbocycles. The summed E-state index contributed by atoms with van der Waals surface area (Å²) in [7, 11) is 0. The van der Waals surface area contributed by atoms with Crippen molar-refractivity contribution < 1.29 is 24.9 Å². The van der Waals surface area contributed by atoms with E-state index in [1.165, 1.54) is 0 Å². The van der Waals surface area contributed by atoms with E-state index in [0.29, 0.717) is 13.0 Å². The van der Waals surface area contributed by atoms with Crippen LogP contribution >= 0.6 is 0 Å². The van der Waals surface area contributed by atoms with Crippen LogP contribution in [0.2, 0.25) is 0 Å². The Kier molecular flexibility index (Phi) is 6.73. The number of ether oxygens (including phenoxy) is 1. The van der Waals surface area contributed by atoms with E-state index in [-0.39, 0.29) is 6.47 Å². The fourth-order valence-electron chi connectivity index (χ4n) is 3.40. The summed E-state index contributed by atoms with van der Waals surface area (Å²) in [5, 5.41) is 27.0. The van der Waals surface area contributed by atoms with E-state index in [1.807, 2.05) is 6.33 Å². The highest BCUT2D eigenvalue weighted by molar-refractivity contribution is 5.32. The first kappa shape index (κ1) is 18.9. The van der Waals surface area contributed by atoms with Crippen molar-refractivity contribution in [3.63, 3.8) is 0 Å². The third-order valence-electron chi connectivity index (χ3n) is 4.85. The Morgan fingerprint density at radius 2 is 2.08 bits per heavy atom. The summed E-state index contributed by atoms with van der Waals surface area (Å²) in [5.41, 5.74) is 0.537. The van der Waals surface area contributed by atoms with Gasteiger partial charge in [-0.05, 0) is 26.2 Å². The van der Waals surface area contributed by atoms with Crippen LogP contribution < -0.4 is 0 Å². The lowest BCUT2D eigenvalue weighted by Crippen LogP contribution is -2.59. The molecule has 3 N–H and O–H groups in total. The zero-order valence-corrected chi connectivity index (χ0v) is 14.0. The minimum Gasteiger partial charge on any atom is -0.483 e. The fraction of sp³-hybridized carbons (Fsp3) is 0.750. The third-order valence-corrected chi connectivity index (χ3v) is 4.85. The van der Waals surface area contributed by atoms with Gasteiger partial charge < -0.3 is 24.6 Å². The fourth-order valence-corrected chi connectivity index (χ4v) is 3.40. The number of imidazole rings is 1. The maximum Gasteiger partial charge on any atom is 0.290 e. The summed E-state index contributed by atoms with van der Waals surface area (Å²) in [4.78, 5) is 15.1. The normalized spacial score (nSPS) is 26.6. The van der Waals surface area contributed by atoms with Gasteiger partial charge in [-0.1, -0.05) is 0 Å². The van der Waals surface area contributed by atoms with E-state index in [2.05, 4.69) is 27.6 Å². The van der Waals surface area contributed by atoms with Crippen molar-refractivity contribution in [1.82, 2.24) is 14.5 Å². The summed E-state index contributed by atoms with van der Waals surface area (Å²) < 4.78 is 7.93. The van der Waals surface area contributed by atoms with Gasteiger partial charge in [-0.25, -0.2) is 4.98 Å². The van der Waals surface area contributed by atoms with Crippen molar-refractivity contribution in [2.24, 2.45) is 0 Å². The zero-order valence-electron chi connectivity index (χ0n) is 14.0. The summed E-state index contributed by atoms with van der Waals surface area (Å²) in [6, 6.07) is 0. The van der Waals surface area contributed by atoms with E-state index >= 15 is 0 Å². The molecule has 2 atom stereocenters. The van der Waals surface area contributed by atoms with Crippen molar-refractivity contribution in [3.05, 3.63) is 18.2 Å². The molecule has 0 bridgehead atoms. The topological polar surface area (TPSA) is 108 Å². The van der Waals surface area contributed by atoms with Crippen LogP contribution in [0.4, 0.5) is 0 Å². The van der Waals surface area contributed by atoms with Gasteiger partial charge >= 0.3 is 0 Å². The minimum atomic E-state index is -0.757. The summed E-state index contributed by atoms with van der Waals surface area (Å²) in [6.45, 7) is 5.89. The molecule has 2 fully saturated rings. The Balaban J connectivity index is 0.000000647. The monoisotopic (exact) mass is 341 g/mol. The van der Waals surface area contributed by atoms with Crippen LogP contribution in [0.25, 0.3) is 0 Å². The molecule has 8 nitrogen and oxygen atoms in total. The lowest BCUT2D eigenvalue weighted by atomic mass is 9.80. The molecule has 1 aromatic heterocycles. The predicted octanol–water partition coefficient (Wildman–Crippen LogP) is 0.0805. The van der Waals surface area contributed by atoms with Gasteiger partial charge in [0.1, 0.15) is 6.10 Å². The molecule has 136 valence electrons. The molecule has 24 heavy (non-hydrogen) atoms. The third kappa shape index (κ3) is 4.32. The number of aliphatic hydroxyl groups is 2. The van der Waals surface area contributed by atoms with Gasteiger partial charge in [0.2, 0.25) is 0 Å². The average Bonchev–Trinajstić information content (AvgIpc) is 3.03. The molecular weight excluding hydrogens is 314 g/mol. The number of aryl methyl sites for hydroxylation is 1. The number of rotatable bonds is 3. The number of carboxylic acid groups (broad SMARTS) is 1. The van der Waals surface area contributed by atoms with Gasteiger partial charge in [0.25, 0.3) is 6.47 Å². The summed E-state index contributed by atoms with van der Waals surface area (Å²) >= 11 is 0. The number of aromatic nitrogens is 2. The van der Waals surface area contributed by atoms with E-state index < -0.39 is 17.8 Å². The Morgan fingerprint density at radius 1 is 1.42 bits per heavy atom. The van der Waals surface area contributed by atoms with Crippen molar-refractivity contribution >= 4 is 6.47 Å². The molecule has 0 radical (unpaired) electrons. The number of nitrogens with zero attached hydrogens (tertiary/aromatic N) is 3. The first-order chi connectivity index (χ1) is 11.5. The van der Waals surface area contributed by atoms with Gasteiger partial charge in [-0.15, -0.1) is 0 Å². The second-order valence-corrected chi connectivity index (χ2v) is 6.29. The van der Waals surface area contributed by atoms with Gasteiger partial charge in [0, 0.05) is 32.4 Å². The van der Waals surface area contributed by atoms with Gasteiger partial charge in [0.15, 0.2) is 0 Å². The van der Waals surface area contributed by atoms with Gasteiger partial charge in [0.05, 0.1) is 30.3 Å². The molecular formula is C16H27N3O5. The maximum absolute atomic E-state index is 10.3. The van der Waals surface area contributed by atoms with Gasteiger partial charge in [-0.2, -0.15) is 0 Å². The molecule has 0 saturated carbocycles. The number of hydrogen-bond donors (Lipinski definition) is 3. The van der Waals surface area contributed by atoms with Crippen molar-refractivity contribution in [1.29, 1.82) is 0 Å². The van der Waals surface area contributed by atoms with Crippen LogP contribution in [0.3, 0.4) is 0 Å². The molecule has 2 aliphatic heterocycles. The number of piperidine rings is 1. The molecule has 0 unspecified atom stereocenters. The maximum atomic E-state index is 10.3. The van der Waals surface area contributed by atoms with Crippen LogP contribution in [0, 0.1) is 0 Å². The van der Waals surface area contributed by atoms with Crippen LogP contribution in [-0.4, -0.2) is 73.7 Å². The molecule has 8 heteroatoms. The largest absolute Gasteiger partial charge is 0.483 e. The minimum absolute atomic E-state index is 0.250. The van der Waals surface area contributed by atoms with Crippen molar-refractivity contribution in [2.45, 2.75) is 57.1 Å². The molecule has 3 heterocycles. The lowest BCUT2D eigenvalue weighted by molar-refractivity contribution is -0.214. The highest BCUT2D eigenvalue weighted by Crippen LogP contribution is 2.35. The Bertz CT molecular complexity index is 514. The standard InChI is InChI=1S/C15H25N3O3.CH2O2/c1-2-17-9-12(16-11-17)10-18-6-4-15(5-7-18)14(20)13(19)3-8-21-15;2-1-3/h9,11,13-14,19-20H,2-8,10H2,1H3;1H,(H,2,3)/t13-,14-;/m0./s1. The quantitative estimate of drug-likeness (QED) is 0.668. The van der Waals surface area contributed by atoms with E-state index in [9.17, 15) is 10.2 Å². The second-order valence-electron chi connectivity index (χ2n) is 6.29. The number of hydrogen-bond acceptors (Lipinski definition) is 6. The lowest BCUT2D eigenvalue weighted by Gasteiger charge is -2.48. The Morgan fingerprint density at radius 3 is 2.67 bits per heavy atom. The highest BCUT2D eigenvalue weighted by atomic mass is 16.5.